The molecule has 4 heavy (non-hydrogen) atoms. The summed E-state index contributed by atoms with van der Waals surface area (Å²) in [5.41, 5.74) is 0. The molecule has 0 rings (SSSR count). The van der Waals surface area contributed by atoms with Crippen molar-refractivity contribution in [2.45, 2.75) is 0 Å². The Balaban J connectivity index is 3.11. The summed E-state index contributed by atoms with van der Waals surface area (Å²) in [5, 5.41) is 0. The molecule has 0 saturated carbocycles. The molecule has 0 unspecified atom stereocenters. The molecule has 0 aromatic carbocycles. The minimum atomic E-state index is 0.433. The van der Waals surface area contributed by atoms with Crippen molar-refractivity contribution in [3.8, 4) is 0 Å². The van der Waals surface area contributed by atoms with E-state index in [2.05, 4.69) is 2.80 Å². The van der Waals surface area contributed by atoms with E-state index in [0.717, 1.165) is 0 Å². The first-order valence-corrected chi connectivity index (χ1v) is 2.69. The van der Waals surface area contributed by atoms with Crippen LogP contribution in [0.3, 0.4) is 0 Å². The second-order valence-electron chi connectivity index (χ2n) is 0.220. The molecule has 0 bridgehead atoms. The maximum absolute atomic E-state index is 8.92. The SMILES string of the molecule is O=C=[N][PbH]. The summed E-state index contributed by atoms with van der Waals surface area (Å²) < 4.78 is 3.10. The van der Waals surface area contributed by atoms with Crippen LogP contribution in [0.5, 0.6) is 0 Å². The van der Waals surface area contributed by atoms with Crippen molar-refractivity contribution in [2.24, 2.45) is 2.80 Å². The maximum atomic E-state index is 8.92. The molecule has 0 spiro atoms. The van der Waals surface area contributed by atoms with Crippen LogP contribution in [-0.4, -0.2) is 32.1 Å². The van der Waals surface area contributed by atoms with Crippen LogP contribution in [0.4, 0.5) is 0 Å². The summed E-state index contributed by atoms with van der Waals surface area (Å²) >= 11 is 0.433. The van der Waals surface area contributed by atoms with Crippen molar-refractivity contribution >= 4 is 32.1 Å². The monoisotopic (exact) mass is 251 g/mol. The van der Waals surface area contributed by atoms with Gasteiger partial charge < -0.3 is 0 Å². The van der Waals surface area contributed by atoms with Gasteiger partial charge in [0.15, 0.2) is 0 Å². The summed E-state index contributed by atoms with van der Waals surface area (Å²) in [6.45, 7) is 0. The van der Waals surface area contributed by atoms with E-state index < -0.39 is 0 Å². The van der Waals surface area contributed by atoms with Gasteiger partial charge in [-0.25, -0.2) is 0 Å². The molecule has 2 nitrogen and oxygen atoms in total. The molecule has 0 aliphatic rings. The van der Waals surface area contributed by atoms with Gasteiger partial charge in [0, 0.05) is 0 Å². The van der Waals surface area contributed by atoms with Gasteiger partial charge in [-0.3, -0.25) is 0 Å². The molecule has 0 atom stereocenters. The van der Waals surface area contributed by atoms with E-state index in [9.17, 15) is 0 Å². The van der Waals surface area contributed by atoms with Crippen LogP contribution in [-0.2, 0) is 4.79 Å². The van der Waals surface area contributed by atoms with E-state index in [1.54, 1.807) is 0 Å². The molecular weight excluding hydrogens is 249 g/mol. The fourth-order valence-corrected chi connectivity index (χ4v) is 0. The number of carbonyl (C=O) groups excluding carboxylic acids is 1. The number of hydrogen-bond acceptors (Lipinski definition) is 2. The van der Waals surface area contributed by atoms with Gasteiger partial charge in [-0.2, -0.15) is 0 Å². The Hall–Kier alpha value is 0.302. The summed E-state index contributed by atoms with van der Waals surface area (Å²) in [6, 6.07) is 0. The van der Waals surface area contributed by atoms with E-state index >= 15 is 0 Å². The minimum absolute atomic E-state index is 0.433. The molecule has 20 valence electrons. The molecule has 0 N–H and O–H groups in total. The number of rotatable bonds is 0. The summed E-state index contributed by atoms with van der Waals surface area (Å²) in [4.78, 5) is 8.92. The fraction of sp³-hybridized carbons (Fsp3) is 0. The van der Waals surface area contributed by atoms with Crippen molar-refractivity contribution < 1.29 is 4.79 Å². The fourth-order valence-electron chi connectivity index (χ4n) is 0. The molecule has 0 aromatic heterocycles. The molecule has 0 aliphatic heterocycles. The molecule has 0 aromatic rings. The first-order chi connectivity index (χ1) is 1.91. The molecule has 0 heterocycles. The van der Waals surface area contributed by atoms with E-state index in [4.69, 9.17) is 4.79 Å². The average molecular weight is 250 g/mol. The molecule has 0 amide bonds. The average Bonchev–Trinajstić information content (AvgIpc) is 1.37. The van der Waals surface area contributed by atoms with Gasteiger partial charge in [-0.05, 0) is 0 Å². The molecular formula is CHNOPb. The predicted molar refractivity (Wildman–Crippen MR) is 15.3 cm³/mol. The molecule has 2 radical (unpaired) electrons. The third-order valence-electron chi connectivity index (χ3n) is 0.0527. The van der Waals surface area contributed by atoms with Crippen molar-refractivity contribution in [1.82, 2.24) is 0 Å². The molecule has 0 saturated heterocycles. The van der Waals surface area contributed by atoms with Crippen molar-refractivity contribution in [3.63, 3.8) is 0 Å². The van der Waals surface area contributed by atoms with E-state index in [0.29, 0.717) is 26.1 Å². The Morgan fingerprint density at radius 2 is 2.25 bits per heavy atom. The van der Waals surface area contributed by atoms with Gasteiger partial charge in [-0.15, -0.1) is 0 Å². The zero-order valence-corrected chi connectivity index (χ0v) is 6.42. The van der Waals surface area contributed by atoms with Crippen LogP contribution in [0.25, 0.3) is 0 Å². The van der Waals surface area contributed by atoms with Crippen LogP contribution in [0.2, 0.25) is 0 Å². The third-order valence-corrected chi connectivity index (χ3v) is 0.462. The van der Waals surface area contributed by atoms with Crippen molar-refractivity contribution in [3.05, 3.63) is 0 Å². The summed E-state index contributed by atoms with van der Waals surface area (Å²) in [6.07, 6.45) is 1.38. The first-order valence-electron chi connectivity index (χ1n) is 0.686. The van der Waals surface area contributed by atoms with Gasteiger partial charge in [0.2, 0.25) is 0 Å². The standard InChI is InChI=1S/CNO.Pb.H/c2-1-3;;/q-1;+1;. The van der Waals surface area contributed by atoms with Gasteiger partial charge >= 0.3 is 39.7 Å². The van der Waals surface area contributed by atoms with Gasteiger partial charge in [-0.1, -0.05) is 0 Å². The van der Waals surface area contributed by atoms with Crippen molar-refractivity contribution in [2.75, 3.05) is 0 Å². The summed E-state index contributed by atoms with van der Waals surface area (Å²) in [5.74, 6) is 0. The van der Waals surface area contributed by atoms with Gasteiger partial charge in [0.25, 0.3) is 0 Å². The van der Waals surface area contributed by atoms with Crippen molar-refractivity contribution in [1.29, 1.82) is 0 Å². The number of nitrogens with zero attached hydrogens (tertiary/aromatic N) is 1. The second-order valence-corrected chi connectivity index (χ2v) is 1.22. The Bertz CT molecular complexity index is 46.0. The van der Waals surface area contributed by atoms with Gasteiger partial charge in [0.1, 0.15) is 0 Å². The van der Waals surface area contributed by atoms with Crippen LogP contribution < -0.4 is 0 Å². The summed E-state index contributed by atoms with van der Waals surface area (Å²) in [7, 11) is 0. The zero-order valence-electron chi connectivity index (χ0n) is 1.93. The third kappa shape index (κ3) is 2.30. The van der Waals surface area contributed by atoms with E-state index in [1.807, 2.05) is 0 Å². The Morgan fingerprint density at radius 3 is 2.25 bits per heavy atom. The van der Waals surface area contributed by atoms with Crippen LogP contribution in [0.1, 0.15) is 0 Å². The van der Waals surface area contributed by atoms with Crippen LogP contribution in [0.15, 0.2) is 2.80 Å². The van der Waals surface area contributed by atoms with E-state index in [-0.39, 0.29) is 0 Å². The Morgan fingerprint density at radius 1 is 2.00 bits per heavy atom. The predicted octanol–water partition coefficient (Wildman–Crippen LogP) is -0.862. The first kappa shape index (κ1) is 4.30. The normalized spacial score (nSPS) is 4.25. The van der Waals surface area contributed by atoms with Crippen LogP contribution >= 0.6 is 0 Å². The number of hydrogen-bond donors (Lipinski definition) is 0. The van der Waals surface area contributed by atoms with Gasteiger partial charge in [0.05, 0.1) is 0 Å². The Labute approximate surface area is 40.0 Å². The molecule has 0 fully saturated rings. The molecule has 3 heteroatoms. The van der Waals surface area contributed by atoms with E-state index in [1.165, 1.54) is 6.08 Å². The Kier molecular flexibility index (Phi) is 3.55. The second kappa shape index (κ2) is 3.30. The molecule has 0 aliphatic carbocycles. The number of isocyanates is 1. The van der Waals surface area contributed by atoms with Crippen LogP contribution in [0, 0.1) is 0 Å². The zero-order chi connectivity index (χ0) is 3.41. The topological polar surface area (TPSA) is 29.4 Å². The quantitative estimate of drug-likeness (QED) is 0.312.